The third-order valence-corrected chi connectivity index (χ3v) is 10.4. The number of halogens is 2. The van der Waals surface area contributed by atoms with Gasteiger partial charge in [0.15, 0.2) is 0 Å². The Bertz CT molecular complexity index is 603. The second-order valence-corrected chi connectivity index (χ2v) is 16.5. The minimum Gasteiger partial charge on any atom is -0.317 e. The van der Waals surface area contributed by atoms with E-state index in [0.29, 0.717) is 53.9 Å². The molecule has 2 aliphatic heterocycles. The number of imide groups is 2. The molecule has 0 radical (unpaired) electrons. The Kier molecular flexibility index (Phi) is 10.4. The molecule has 0 saturated carbocycles. The molecule has 2 heterocycles. The maximum atomic E-state index is 12.2. The molecule has 1 N–H and O–H groups in total. The highest BCUT2D eigenvalue weighted by atomic mass is 127. The molecule has 4 unspecified atom stereocenters. The van der Waals surface area contributed by atoms with E-state index in [2.05, 4.69) is 49.7 Å². The normalized spacial score (nSPS) is 24.7. The van der Waals surface area contributed by atoms with Crippen molar-refractivity contribution in [2.75, 3.05) is 26.2 Å². The first-order valence-corrected chi connectivity index (χ1v) is 16.4. The van der Waals surface area contributed by atoms with E-state index in [1.807, 2.05) is 7.57 Å². The van der Waals surface area contributed by atoms with Crippen LogP contribution in [-0.2, 0) is 19.2 Å². The number of hydrogen-bond acceptors (Lipinski definition) is 5. The summed E-state index contributed by atoms with van der Waals surface area (Å²) in [7, 11) is 2.55. The van der Waals surface area contributed by atoms with Crippen molar-refractivity contribution >= 4 is 94.4 Å². The second-order valence-electron chi connectivity index (χ2n) is 6.56. The lowest BCUT2D eigenvalue weighted by molar-refractivity contribution is -0.139. The first-order chi connectivity index (χ1) is 12.9. The van der Waals surface area contributed by atoms with Crippen LogP contribution < -0.4 is 5.32 Å². The number of carbonyl (C=O) groups is 4. The quantitative estimate of drug-likeness (QED) is 0.117. The SMILES string of the molecule is BP(I)C1CC(=O)N(CCCNCCCN2C(=O)CC(PBI)C2=O)C1=O. The fourth-order valence-corrected chi connectivity index (χ4v) is 7.79. The minimum absolute atomic E-state index is 0.0123. The third kappa shape index (κ3) is 6.59. The van der Waals surface area contributed by atoms with Crippen molar-refractivity contribution in [2.45, 2.75) is 37.0 Å². The van der Waals surface area contributed by atoms with Crippen molar-refractivity contribution in [3.8, 4) is 0 Å². The smallest absolute Gasteiger partial charge is 0.237 e. The van der Waals surface area contributed by atoms with Crippen LogP contribution in [0.5, 0.6) is 0 Å². The number of hydrogen-bond donors (Lipinski definition) is 1. The van der Waals surface area contributed by atoms with Crippen LogP contribution in [0.4, 0.5) is 0 Å². The highest BCUT2D eigenvalue weighted by molar-refractivity contribution is 14.2. The molecule has 148 valence electrons. The molecule has 0 aromatic heterocycles. The average Bonchev–Trinajstić information content (AvgIpc) is 3.05. The van der Waals surface area contributed by atoms with Gasteiger partial charge in [0.05, 0.1) is 11.3 Å². The van der Waals surface area contributed by atoms with Crippen LogP contribution in [0.15, 0.2) is 0 Å². The lowest BCUT2D eigenvalue weighted by Gasteiger charge is -2.17. The summed E-state index contributed by atoms with van der Waals surface area (Å²) in [5.41, 5.74) is -0.677. The van der Waals surface area contributed by atoms with Crippen LogP contribution >= 0.6 is 58.3 Å². The number of carbonyl (C=O) groups excluding carboxylic acids is 4. The van der Waals surface area contributed by atoms with Crippen molar-refractivity contribution in [2.24, 2.45) is 0 Å². The second kappa shape index (κ2) is 11.8. The summed E-state index contributed by atoms with van der Waals surface area (Å²) in [6, 6.07) is 0. The first kappa shape index (κ1) is 24.0. The van der Waals surface area contributed by atoms with Gasteiger partial charge in [-0.1, -0.05) is 27.5 Å². The molecule has 2 saturated heterocycles. The highest BCUT2D eigenvalue weighted by Gasteiger charge is 2.40. The Labute approximate surface area is 190 Å². The molecular weight excluding hydrogens is 612 g/mol. The standard InChI is InChI=1S/C14H23B2I2N3O4P2/c15-27(18)10-8-12(23)21(14(10)25)6-2-4-19-3-1-5-20-11(22)7-9(13(20)24)26-16-17/h9-10,16,19,26H,1-8,15H2. The van der Waals surface area contributed by atoms with Crippen molar-refractivity contribution in [1.82, 2.24) is 15.1 Å². The van der Waals surface area contributed by atoms with E-state index < -0.39 is 5.44 Å². The summed E-state index contributed by atoms with van der Waals surface area (Å²) < 4.78 is 0. The summed E-state index contributed by atoms with van der Waals surface area (Å²) in [6.45, 7) is 2.33. The molecule has 0 aliphatic carbocycles. The van der Waals surface area contributed by atoms with Gasteiger partial charge in [0.25, 0.3) is 0 Å². The van der Waals surface area contributed by atoms with Gasteiger partial charge in [-0.05, 0) is 25.9 Å². The zero-order valence-corrected chi connectivity index (χ0v) is 21.5. The molecule has 0 aromatic rings. The summed E-state index contributed by atoms with van der Waals surface area (Å²) in [6.07, 6.45) is 2.15. The Morgan fingerprint density at radius 2 is 1.63 bits per heavy atom. The van der Waals surface area contributed by atoms with Crippen LogP contribution in [0, 0.1) is 0 Å². The maximum Gasteiger partial charge on any atom is 0.237 e. The zero-order chi connectivity index (χ0) is 20.0. The Morgan fingerprint density at radius 3 is 2.15 bits per heavy atom. The summed E-state index contributed by atoms with van der Waals surface area (Å²) in [5.74, 6) is -0.129. The van der Waals surface area contributed by atoms with E-state index in [9.17, 15) is 19.2 Å². The Balaban J connectivity index is 1.59. The van der Waals surface area contributed by atoms with Crippen molar-refractivity contribution < 1.29 is 19.2 Å². The van der Waals surface area contributed by atoms with Crippen molar-refractivity contribution in [1.29, 1.82) is 0 Å². The monoisotopic (exact) mass is 635 g/mol. The Hall–Kier alpha value is 0.690. The summed E-state index contributed by atoms with van der Waals surface area (Å²) in [5, 5.41) is 3.27. The molecule has 4 atom stereocenters. The largest absolute Gasteiger partial charge is 0.317 e. The highest BCUT2D eigenvalue weighted by Crippen LogP contribution is 2.49. The molecule has 2 fully saturated rings. The molecule has 13 heteroatoms. The van der Waals surface area contributed by atoms with Gasteiger partial charge in [0, 0.05) is 25.9 Å². The predicted octanol–water partition coefficient (Wildman–Crippen LogP) is 0.371. The average molecular weight is 635 g/mol. The fourth-order valence-electron chi connectivity index (χ4n) is 3.20. The molecule has 2 aliphatic rings. The van der Waals surface area contributed by atoms with E-state index in [0.717, 1.165) is 11.3 Å². The zero-order valence-electron chi connectivity index (χ0n) is 15.2. The van der Waals surface area contributed by atoms with E-state index in [4.69, 9.17) is 0 Å². The molecule has 27 heavy (non-hydrogen) atoms. The molecule has 2 rings (SSSR count). The molecule has 0 spiro atoms. The first-order valence-electron chi connectivity index (χ1n) is 8.94. The minimum atomic E-state index is -0.456. The number of amides is 4. The topological polar surface area (TPSA) is 86.8 Å². The van der Waals surface area contributed by atoms with E-state index >= 15 is 0 Å². The number of likely N-dealkylation sites (tertiary alicyclic amines) is 2. The van der Waals surface area contributed by atoms with E-state index in [1.54, 1.807) is 0 Å². The summed E-state index contributed by atoms with van der Waals surface area (Å²) in [4.78, 5) is 52.0. The van der Waals surface area contributed by atoms with Crippen LogP contribution in [0.25, 0.3) is 0 Å². The molecule has 0 bridgehead atoms. The van der Waals surface area contributed by atoms with Crippen LogP contribution in [-0.4, -0.2) is 83.3 Å². The van der Waals surface area contributed by atoms with Crippen molar-refractivity contribution in [3.63, 3.8) is 0 Å². The maximum absolute atomic E-state index is 12.2. The lowest BCUT2D eigenvalue weighted by Crippen LogP contribution is -2.35. The number of rotatable bonds is 11. The molecular formula is C14H23B2I2N3O4P2. The van der Waals surface area contributed by atoms with Gasteiger partial charge in [-0.25, -0.2) is 0 Å². The predicted molar refractivity (Wildman–Crippen MR) is 131 cm³/mol. The number of nitrogens with zero attached hydrogens (tertiary/aromatic N) is 2. The van der Waals surface area contributed by atoms with E-state index in [-0.39, 0.29) is 34.9 Å². The summed E-state index contributed by atoms with van der Waals surface area (Å²) >= 11 is 4.51. The van der Waals surface area contributed by atoms with Crippen molar-refractivity contribution in [3.05, 3.63) is 0 Å². The van der Waals surface area contributed by atoms with Gasteiger partial charge in [0.2, 0.25) is 28.5 Å². The van der Waals surface area contributed by atoms with Gasteiger partial charge in [-0.2, -0.15) is 0 Å². The van der Waals surface area contributed by atoms with Crippen LogP contribution in [0.3, 0.4) is 0 Å². The fraction of sp³-hybridized carbons (Fsp3) is 0.714. The van der Waals surface area contributed by atoms with Crippen LogP contribution in [0.2, 0.25) is 0 Å². The van der Waals surface area contributed by atoms with Gasteiger partial charge in [0.1, 0.15) is 7.57 Å². The number of nitrogens with one attached hydrogen (secondary N) is 1. The van der Waals surface area contributed by atoms with E-state index in [1.165, 1.54) is 9.80 Å². The molecule has 7 nitrogen and oxygen atoms in total. The van der Waals surface area contributed by atoms with Gasteiger partial charge < -0.3 is 5.32 Å². The molecule has 0 aromatic carbocycles. The van der Waals surface area contributed by atoms with Gasteiger partial charge >= 0.3 is 0 Å². The lowest BCUT2D eigenvalue weighted by atomic mass is 10.3. The Morgan fingerprint density at radius 1 is 1.07 bits per heavy atom. The van der Waals surface area contributed by atoms with Gasteiger partial charge in [-0.15, -0.1) is 30.8 Å². The van der Waals surface area contributed by atoms with Crippen LogP contribution in [0.1, 0.15) is 25.7 Å². The molecule has 4 amide bonds. The van der Waals surface area contributed by atoms with Gasteiger partial charge in [-0.3, -0.25) is 29.0 Å². The third-order valence-electron chi connectivity index (χ3n) is 4.69.